The van der Waals surface area contributed by atoms with Gasteiger partial charge in [0.15, 0.2) is 6.10 Å². The lowest BCUT2D eigenvalue weighted by Gasteiger charge is -2.28. The van der Waals surface area contributed by atoms with Crippen molar-refractivity contribution in [1.82, 2.24) is 5.32 Å². The first-order chi connectivity index (χ1) is 12.4. The number of hydrogen-bond donors (Lipinski definition) is 3. The van der Waals surface area contributed by atoms with Gasteiger partial charge >= 0.3 is 0 Å². The van der Waals surface area contributed by atoms with E-state index in [1.807, 2.05) is 50.2 Å². The Kier molecular flexibility index (Phi) is 7.30. The number of carbonyl (C=O) groups excluding carboxylic acids is 1. The number of aliphatic hydroxyl groups is 1. The van der Waals surface area contributed by atoms with Crippen molar-refractivity contribution in [3.05, 3.63) is 59.1 Å². The van der Waals surface area contributed by atoms with E-state index in [0.717, 1.165) is 11.3 Å². The van der Waals surface area contributed by atoms with Gasteiger partial charge in [-0.15, -0.1) is 0 Å². The number of halogens is 1. The summed E-state index contributed by atoms with van der Waals surface area (Å²) < 4.78 is 5.33. The van der Waals surface area contributed by atoms with Crippen LogP contribution in [-0.2, 0) is 11.3 Å². The monoisotopic (exact) mass is 376 g/mol. The Morgan fingerprint density at radius 2 is 1.92 bits per heavy atom. The summed E-state index contributed by atoms with van der Waals surface area (Å²) in [5.74, 6) is 0.239. The van der Waals surface area contributed by atoms with Crippen molar-refractivity contribution in [3.63, 3.8) is 0 Å². The van der Waals surface area contributed by atoms with Crippen LogP contribution in [-0.4, -0.2) is 30.3 Å². The number of nitrogens with one attached hydrogen (secondary N) is 2. The standard InChI is InChI=1S/C20H25ClN2O3/c1-13(2)18(23-16-9-4-5-10-17(16)26-3)19(24)20(25)22-12-14-7-6-8-15(21)11-14/h4-11,13,18-19,23-24H,12H2,1-3H3,(H,22,25). The lowest BCUT2D eigenvalue weighted by atomic mass is 9.97. The summed E-state index contributed by atoms with van der Waals surface area (Å²) in [7, 11) is 1.58. The lowest BCUT2D eigenvalue weighted by molar-refractivity contribution is -0.130. The molecule has 0 fully saturated rings. The average Bonchev–Trinajstić information content (AvgIpc) is 2.63. The van der Waals surface area contributed by atoms with E-state index < -0.39 is 18.1 Å². The minimum Gasteiger partial charge on any atom is -0.495 e. The Bertz CT molecular complexity index is 737. The third-order valence-corrected chi connectivity index (χ3v) is 4.35. The summed E-state index contributed by atoms with van der Waals surface area (Å²) in [5, 5.41) is 17.2. The highest BCUT2D eigenvalue weighted by atomic mass is 35.5. The van der Waals surface area contributed by atoms with Gasteiger partial charge < -0.3 is 20.5 Å². The molecule has 26 heavy (non-hydrogen) atoms. The molecule has 0 aliphatic carbocycles. The van der Waals surface area contributed by atoms with Crippen LogP contribution in [0.3, 0.4) is 0 Å². The molecule has 0 bridgehead atoms. The van der Waals surface area contributed by atoms with Crippen LogP contribution in [0.4, 0.5) is 5.69 Å². The maximum absolute atomic E-state index is 12.4. The van der Waals surface area contributed by atoms with E-state index in [4.69, 9.17) is 16.3 Å². The van der Waals surface area contributed by atoms with Gasteiger partial charge in [-0.25, -0.2) is 0 Å². The second-order valence-electron chi connectivity index (χ2n) is 6.41. The molecule has 0 saturated heterocycles. The van der Waals surface area contributed by atoms with E-state index >= 15 is 0 Å². The van der Waals surface area contributed by atoms with E-state index in [0.29, 0.717) is 17.3 Å². The summed E-state index contributed by atoms with van der Waals surface area (Å²) in [6.45, 7) is 4.19. The normalized spacial score (nSPS) is 13.2. The Labute approximate surface area is 159 Å². The zero-order valence-electron chi connectivity index (χ0n) is 15.2. The van der Waals surface area contributed by atoms with E-state index in [1.54, 1.807) is 19.2 Å². The predicted octanol–water partition coefficient (Wildman–Crippen LogP) is 3.46. The molecular formula is C20H25ClN2O3. The lowest BCUT2D eigenvalue weighted by Crippen LogP contribution is -2.47. The number of para-hydroxylation sites is 2. The molecule has 3 N–H and O–H groups in total. The second-order valence-corrected chi connectivity index (χ2v) is 6.84. The third kappa shape index (κ3) is 5.38. The van der Waals surface area contributed by atoms with Gasteiger partial charge in [-0.05, 0) is 35.7 Å². The van der Waals surface area contributed by atoms with E-state index in [1.165, 1.54) is 0 Å². The van der Waals surface area contributed by atoms with E-state index in [9.17, 15) is 9.90 Å². The van der Waals surface area contributed by atoms with E-state index in [2.05, 4.69) is 10.6 Å². The van der Waals surface area contributed by atoms with Crippen molar-refractivity contribution >= 4 is 23.2 Å². The summed E-state index contributed by atoms with van der Waals surface area (Å²) in [4.78, 5) is 12.4. The highest BCUT2D eigenvalue weighted by Gasteiger charge is 2.29. The fourth-order valence-electron chi connectivity index (χ4n) is 2.66. The average molecular weight is 377 g/mol. The van der Waals surface area contributed by atoms with Crippen LogP contribution in [0, 0.1) is 5.92 Å². The molecule has 5 nitrogen and oxygen atoms in total. The molecule has 2 aromatic rings. The Morgan fingerprint density at radius 3 is 2.58 bits per heavy atom. The molecule has 1 amide bonds. The highest BCUT2D eigenvalue weighted by molar-refractivity contribution is 6.30. The van der Waals surface area contributed by atoms with Gasteiger partial charge in [-0.3, -0.25) is 4.79 Å². The van der Waals surface area contributed by atoms with Gasteiger partial charge in [-0.1, -0.05) is 49.7 Å². The molecule has 0 aliphatic rings. The number of benzene rings is 2. The summed E-state index contributed by atoms with van der Waals surface area (Å²) in [6.07, 6.45) is -1.21. The third-order valence-electron chi connectivity index (χ3n) is 4.11. The number of amides is 1. The first kappa shape index (κ1) is 20.1. The van der Waals surface area contributed by atoms with Crippen LogP contribution in [0.1, 0.15) is 19.4 Å². The van der Waals surface area contributed by atoms with Crippen LogP contribution in [0.5, 0.6) is 5.75 Å². The molecule has 0 aromatic heterocycles. The number of rotatable bonds is 8. The summed E-state index contributed by atoms with van der Waals surface area (Å²) >= 11 is 5.95. The number of carbonyl (C=O) groups is 1. The number of anilines is 1. The van der Waals surface area contributed by atoms with Gasteiger partial charge in [0.2, 0.25) is 0 Å². The molecule has 2 unspecified atom stereocenters. The smallest absolute Gasteiger partial charge is 0.251 e. The van der Waals surface area contributed by atoms with Crippen molar-refractivity contribution in [2.24, 2.45) is 5.92 Å². The van der Waals surface area contributed by atoms with Crippen molar-refractivity contribution in [1.29, 1.82) is 0 Å². The maximum Gasteiger partial charge on any atom is 0.251 e. The molecule has 2 atom stereocenters. The van der Waals surface area contributed by atoms with Crippen molar-refractivity contribution in [3.8, 4) is 5.75 Å². The van der Waals surface area contributed by atoms with Crippen LogP contribution >= 0.6 is 11.6 Å². The minimum absolute atomic E-state index is 0.0202. The molecule has 0 radical (unpaired) electrons. The van der Waals surface area contributed by atoms with Crippen molar-refractivity contribution in [2.45, 2.75) is 32.5 Å². The fraction of sp³-hybridized carbons (Fsp3) is 0.350. The molecule has 2 aromatic carbocycles. The number of aliphatic hydroxyl groups excluding tert-OH is 1. The first-order valence-corrected chi connectivity index (χ1v) is 8.90. The van der Waals surface area contributed by atoms with Gasteiger partial charge in [0, 0.05) is 11.6 Å². The fourth-order valence-corrected chi connectivity index (χ4v) is 2.87. The molecule has 0 spiro atoms. The van der Waals surface area contributed by atoms with Gasteiger partial charge in [0.05, 0.1) is 18.8 Å². The Morgan fingerprint density at radius 1 is 1.19 bits per heavy atom. The molecule has 2 rings (SSSR count). The van der Waals surface area contributed by atoms with Crippen molar-refractivity contribution < 1.29 is 14.6 Å². The molecule has 0 saturated carbocycles. The van der Waals surface area contributed by atoms with E-state index in [-0.39, 0.29) is 5.92 Å². The Balaban J connectivity index is 2.04. The quantitative estimate of drug-likeness (QED) is 0.659. The molecular weight excluding hydrogens is 352 g/mol. The van der Waals surface area contributed by atoms with Crippen LogP contribution in [0.15, 0.2) is 48.5 Å². The number of hydrogen-bond acceptors (Lipinski definition) is 4. The largest absolute Gasteiger partial charge is 0.495 e. The van der Waals surface area contributed by atoms with Gasteiger partial charge in [0.1, 0.15) is 5.75 Å². The zero-order chi connectivity index (χ0) is 19.1. The second kappa shape index (κ2) is 9.46. The maximum atomic E-state index is 12.4. The Hall–Kier alpha value is -2.24. The van der Waals surface area contributed by atoms with Gasteiger partial charge in [0.25, 0.3) is 5.91 Å². The molecule has 0 aliphatic heterocycles. The molecule has 0 heterocycles. The molecule has 6 heteroatoms. The van der Waals surface area contributed by atoms with Crippen LogP contribution in [0.25, 0.3) is 0 Å². The van der Waals surface area contributed by atoms with Gasteiger partial charge in [-0.2, -0.15) is 0 Å². The number of methoxy groups -OCH3 is 1. The SMILES string of the molecule is COc1ccccc1NC(C(C)C)C(O)C(=O)NCc1cccc(Cl)c1. The summed E-state index contributed by atoms with van der Waals surface area (Å²) in [5.41, 5.74) is 1.60. The summed E-state index contributed by atoms with van der Waals surface area (Å²) in [6, 6.07) is 14.2. The minimum atomic E-state index is -1.21. The zero-order valence-corrected chi connectivity index (χ0v) is 16.0. The molecule has 140 valence electrons. The van der Waals surface area contributed by atoms with Crippen LogP contribution < -0.4 is 15.4 Å². The van der Waals surface area contributed by atoms with Crippen LogP contribution in [0.2, 0.25) is 5.02 Å². The number of ether oxygens (including phenoxy) is 1. The van der Waals surface area contributed by atoms with Crippen molar-refractivity contribution in [2.75, 3.05) is 12.4 Å². The highest BCUT2D eigenvalue weighted by Crippen LogP contribution is 2.26. The predicted molar refractivity (Wildman–Crippen MR) is 105 cm³/mol. The first-order valence-electron chi connectivity index (χ1n) is 8.52. The topological polar surface area (TPSA) is 70.6 Å².